The summed E-state index contributed by atoms with van der Waals surface area (Å²) in [6.07, 6.45) is 0. The summed E-state index contributed by atoms with van der Waals surface area (Å²) >= 11 is 1.20. The Labute approximate surface area is 183 Å². The Hall–Kier alpha value is -4.38. The summed E-state index contributed by atoms with van der Waals surface area (Å²) in [6.45, 7) is 0. The Bertz CT molecular complexity index is 1520. The summed E-state index contributed by atoms with van der Waals surface area (Å²) in [5.41, 5.74) is 1.58. The second-order valence-corrected chi connectivity index (χ2v) is 7.61. The standard InChI is InChI=1S/C21H13N5O5S/c1-30-21-23-14(15(27)17(29)24-21)18-25-26-19(31-18)16(28)20-22-12-8-7-11(9-13(12)32-20)10-5-3-2-4-6-10/h2-9,27H,1H3,(H,23,24,29). The molecule has 0 fully saturated rings. The monoisotopic (exact) mass is 447 g/mol. The molecule has 0 aliphatic carbocycles. The maximum Gasteiger partial charge on any atom is 0.297 e. The van der Waals surface area contributed by atoms with Crippen molar-refractivity contribution in [3.05, 3.63) is 69.8 Å². The molecule has 0 amide bonds. The first-order valence-corrected chi connectivity index (χ1v) is 10.1. The van der Waals surface area contributed by atoms with Crippen molar-refractivity contribution >= 4 is 27.3 Å². The summed E-state index contributed by atoms with van der Waals surface area (Å²) < 4.78 is 11.1. The maximum absolute atomic E-state index is 12.9. The molecule has 0 radical (unpaired) electrons. The van der Waals surface area contributed by atoms with Crippen LogP contribution in [0.1, 0.15) is 15.7 Å². The van der Waals surface area contributed by atoms with E-state index < -0.39 is 17.1 Å². The molecule has 0 spiro atoms. The number of fused-ring (bicyclic) bond motifs is 1. The van der Waals surface area contributed by atoms with E-state index in [4.69, 9.17) is 9.15 Å². The van der Waals surface area contributed by atoms with Gasteiger partial charge in [0.2, 0.25) is 5.75 Å². The highest BCUT2D eigenvalue weighted by Gasteiger charge is 2.24. The average molecular weight is 447 g/mol. The third-order valence-electron chi connectivity index (χ3n) is 4.58. The van der Waals surface area contributed by atoms with Gasteiger partial charge in [0.15, 0.2) is 10.7 Å². The van der Waals surface area contributed by atoms with Crippen LogP contribution >= 0.6 is 11.3 Å². The fourth-order valence-corrected chi connectivity index (χ4v) is 3.96. The number of aromatic amines is 1. The lowest BCUT2D eigenvalue weighted by atomic mass is 10.1. The van der Waals surface area contributed by atoms with Crippen molar-refractivity contribution in [2.75, 3.05) is 7.11 Å². The second kappa shape index (κ2) is 7.71. The van der Waals surface area contributed by atoms with Crippen LogP contribution in [0.4, 0.5) is 0 Å². The molecular formula is C21H13N5O5S. The van der Waals surface area contributed by atoms with E-state index in [0.717, 1.165) is 15.8 Å². The Kier molecular flexibility index (Phi) is 4.71. The molecule has 158 valence electrons. The van der Waals surface area contributed by atoms with Crippen molar-refractivity contribution in [2.24, 2.45) is 0 Å². The van der Waals surface area contributed by atoms with Crippen LogP contribution in [0.3, 0.4) is 0 Å². The minimum atomic E-state index is -0.849. The SMILES string of the molecule is COc1nc(-c2nnc(C(=O)c3nc4ccc(-c5ccccc5)cc4s3)o2)c(O)c(=O)[nH]1. The Morgan fingerprint density at radius 1 is 1.09 bits per heavy atom. The third-order valence-corrected chi connectivity index (χ3v) is 5.60. The molecule has 0 bridgehead atoms. The molecule has 2 N–H and O–H groups in total. The number of methoxy groups -OCH3 is 1. The van der Waals surface area contributed by atoms with Crippen LogP contribution in [-0.4, -0.2) is 43.1 Å². The van der Waals surface area contributed by atoms with Gasteiger partial charge in [-0.3, -0.25) is 14.6 Å². The minimum Gasteiger partial charge on any atom is -0.501 e. The van der Waals surface area contributed by atoms with E-state index in [2.05, 4.69) is 25.1 Å². The fraction of sp³-hybridized carbons (Fsp3) is 0.0476. The highest BCUT2D eigenvalue weighted by molar-refractivity contribution is 7.20. The predicted molar refractivity (Wildman–Crippen MR) is 115 cm³/mol. The number of hydrogen-bond donors (Lipinski definition) is 2. The summed E-state index contributed by atoms with van der Waals surface area (Å²) in [4.78, 5) is 35.1. The molecule has 5 aromatic rings. The molecule has 10 nitrogen and oxygen atoms in total. The zero-order valence-electron chi connectivity index (χ0n) is 16.4. The number of ketones is 1. The Morgan fingerprint density at radius 3 is 2.69 bits per heavy atom. The van der Waals surface area contributed by atoms with Gasteiger partial charge >= 0.3 is 0 Å². The first kappa shape index (κ1) is 19.6. The normalized spacial score (nSPS) is 11.0. The van der Waals surface area contributed by atoms with Crippen molar-refractivity contribution in [1.82, 2.24) is 25.1 Å². The van der Waals surface area contributed by atoms with Crippen LogP contribution in [-0.2, 0) is 0 Å². The number of H-pyrrole nitrogens is 1. The van der Waals surface area contributed by atoms with Gasteiger partial charge in [-0.15, -0.1) is 21.5 Å². The number of benzene rings is 2. The molecule has 0 aliphatic heterocycles. The summed E-state index contributed by atoms with van der Waals surface area (Å²) in [5.74, 6) is -1.96. The number of ether oxygens (including phenoxy) is 1. The Balaban J connectivity index is 1.48. The van der Waals surface area contributed by atoms with Gasteiger partial charge in [0, 0.05) is 0 Å². The summed E-state index contributed by atoms with van der Waals surface area (Å²) in [7, 11) is 1.29. The lowest BCUT2D eigenvalue weighted by molar-refractivity contribution is 0.100. The quantitative estimate of drug-likeness (QED) is 0.388. The number of hydrogen-bond acceptors (Lipinski definition) is 10. The zero-order valence-corrected chi connectivity index (χ0v) is 17.2. The van der Waals surface area contributed by atoms with Gasteiger partial charge in [-0.1, -0.05) is 36.4 Å². The highest BCUT2D eigenvalue weighted by atomic mass is 32.1. The zero-order chi connectivity index (χ0) is 22.2. The predicted octanol–water partition coefficient (Wildman–Crippen LogP) is 3.04. The molecule has 3 aromatic heterocycles. The molecule has 2 aromatic carbocycles. The van der Waals surface area contributed by atoms with E-state index in [9.17, 15) is 14.7 Å². The molecule has 11 heteroatoms. The average Bonchev–Trinajstić information content (AvgIpc) is 3.48. The van der Waals surface area contributed by atoms with Crippen LogP contribution < -0.4 is 10.3 Å². The van der Waals surface area contributed by atoms with Crippen molar-refractivity contribution < 1.29 is 19.1 Å². The van der Waals surface area contributed by atoms with E-state index in [0.29, 0.717) is 5.52 Å². The number of nitrogens with zero attached hydrogens (tertiary/aromatic N) is 4. The molecule has 0 atom stereocenters. The molecule has 0 aliphatic rings. The van der Waals surface area contributed by atoms with Crippen LogP contribution in [0.15, 0.2) is 57.7 Å². The van der Waals surface area contributed by atoms with Gasteiger partial charge in [0.05, 0.1) is 17.3 Å². The van der Waals surface area contributed by atoms with Crippen LogP contribution in [0.2, 0.25) is 0 Å². The maximum atomic E-state index is 12.9. The van der Waals surface area contributed by atoms with E-state index in [-0.39, 0.29) is 28.5 Å². The molecule has 3 heterocycles. The molecule has 0 saturated heterocycles. The highest BCUT2D eigenvalue weighted by Crippen LogP contribution is 2.30. The van der Waals surface area contributed by atoms with Gasteiger partial charge < -0.3 is 14.3 Å². The fourth-order valence-electron chi connectivity index (χ4n) is 3.03. The lowest BCUT2D eigenvalue weighted by Crippen LogP contribution is -2.10. The van der Waals surface area contributed by atoms with Crippen molar-refractivity contribution in [3.63, 3.8) is 0 Å². The van der Waals surface area contributed by atoms with E-state index >= 15 is 0 Å². The summed E-state index contributed by atoms with van der Waals surface area (Å²) in [5, 5.41) is 17.6. The van der Waals surface area contributed by atoms with Crippen molar-refractivity contribution in [1.29, 1.82) is 0 Å². The smallest absolute Gasteiger partial charge is 0.297 e. The van der Waals surface area contributed by atoms with Crippen molar-refractivity contribution in [2.45, 2.75) is 0 Å². The van der Waals surface area contributed by atoms with E-state index in [1.807, 2.05) is 48.5 Å². The van der Waals surface area contributed by atoms with Gasteiger partial charge in [0.1, 0.15) is 0 Å². The number of thiazole rings is 1. The van der Waals surface area contributed by atoms with Crippen molar-refractivity contribution in [3.8, 4) is 34.5 Å². The van der Waals surface area contributed by atoms with Gasteiger partial charge in [-0.2, -0.15) is 4.98 Å². The molecule has 0 unspecified atom stereocenters. The van der Waals surface area contributed by atoms with Gasteiger partial charge in [-0.05, 0) is 23.3 Å². The van der Waals surface area contributed by atoms with Crippen LogP contribution in [0.25, 0.3) is 32.9 Å². The number of aromatic nitrogens is 5. The number of carbonyl (C=O) groups excluding carboxylic acids is 1. The number of rotatable bonds is 5. The number of carbonyl (C=O) groups is 1. The molecule has 32 heavy (non-hydrogen) atoms. The van der Waals surface area contributed by atoms with Crippen LogP contribution in [0.5, 0.6) is 11.8 Å². The molecule has 0 saturated carbocycles. The van der Waals surface area contributed by atoms with Gasteiger partial charge in [0.25, 0.3) is 29.1 Å². The number of nitrogens with one attached hydrogen (secondary N) is 1. The lowest BCUT2D eigenvalue weighted by Gasteiger charge is -2.01. The topological polar surface area (TPSA) is 144 Å². The molecular weight excluding hydrogens is 434 g/mol. The second-order valence-electron chi connectivity index (χ2n) is 6.58. The third kappa shape index (κ3) is 3.40. The molecule has 5 rings (SSSR count). The Morgan fingerprint density at radius 2 is 1.91 bits per heavy atom. The van der Waals surface area contributed by atoms with E-state index in [1.54, 1.807) is 0 Å². The van der Waals surface area contributed by atoms with Crippen LogP contribution in [0, 0.1) is 0 Å². The summed E-state index contributed by atoms with van der Waals surface area (Å²) in [6, 6.07) is 15.4. The van der Waals surface area contributed by atoms with E-state index in [1.165, 1.54) is 18.4 Å². The van der Waals surface area contributed by atoms with Gasteiger partial charge in [-0.25, -0.2) is 4.98 Å². The largest absolute Gasteiger partial charge is 0.501 e. The minimum absolute atomic E-state index is 0.158. The first-order valence-electron chi connectivity index (χ1n) is 9.25. The number of aromatic hydroxyl groups is 1. The first-order chi connectivity index (χ1) is 15.5.